The van der Waals surface area contributed by atoms with Gasteiger partial charge in [-0.1, -0.05) is 30.3 Å². The monoisotopic (exact) mass is 650 g/mol. The first-order chi connectivity index (χ1) is 22.3. The summed E-state index contributed by atoms with van der Waals surface area (Å²) in [4.78, 5) is 10.3. The van der Waals surface area contributed by atoms with E-state index in [1.165, 1.54) is 0 Å². The molecule has 262 valence electrons. The molecule has 0 aliphatic carbocycles. The highest BCUT2D eigenvalue weighted by Gasteiger charge is 1.98. The molecular formula is C31H54O14. The summed E-state index contributed by atoms with van der Waals surface area (Å²) in [6.45, 7) is 10.7. The van der Waals surface area contributed by atoms with E-state index in [0.717, 1.165) is 5.56 Å². The van der Waals surface area contributed by atoms with E-state index < -0.39 is 5.97 Å². The SMILES string of the molecule is O=C(O)COCCOCCOCCOCCOCCOCCOCCOCCOCCOCCOCCOCc1ccccc1. The number of carboxylic acids is 1. The Morgan fingerprint density at radius 1 is 0.378 bits per heavy atom. The number of carbonyl (C=O) groups is 1. The molecule has 1 rings (SSSR count). The minimum Gasteiger partial charge on any atom is -0.480 e. The van der Waals surface area contributed by atoms with Crippen LogP contribution in [-0.2, 0) is 68.2 Å². The fraction of sp³-hybridized carbons (Fsp3) is 0.774. The third-order valence-corrected chi connectivity index (χ3v) is 5.43. The van der Waals surface area contributed by atoms with Crippen LogP contribution in [-0.4, -0.2) is 163 Å². The quantitative estimate of drug-likeness (QED) is 0.104. The average Bonchev–Trinajstić information content (AvgIpc) is 3.05. The summed E-state index contributed by atoms with van der Waals surface area (Å²) in [7, 11) is 0. The van der Waals surface area contributed by atoms with E-state index in [0.29, 0.717) is 145 Å². The van der Waals surface area contributed by atoms with Crippen LogP contribution in [0.1, 0.15) is 5.56 Å². The van der Waals surface area contributed by atoms with Crippen LogP contribution in [0.3, 0.4) is 0 Å². The van der Waals surface area contributed by atoms with Gasteiger partial charge in [-0.3, -0.25) is 0 Å². The zero-order valence-electron chi connectivity index (χ0n) is 26.6. The second-order valence-corrected chi connectivity index (χ2v) is 9.11. The van der Waals surface area contributed by atoms with Crippen molar-refractivity contribution in [3.05, 3.63) is 35.9 Å². The summed E-state index contributed by atoms with van der Waals surface area (Å²) < 4.78 is 64.7. The lowest BCUT2D eigenvalue weighted by Gasteiger charge is -2.09. The van der Waals surface area contributed by atoms with Crippen molar-refractivity contribution in [2.45, 2.75) is 6.61 Å². The van der Waals surface area contributed by atoms with E-state index in [1.54, 1.807) is 0 Å². The molecule has 0 atom stereocenters. The van der Waals surface area contributed by atoms with Gasteiger partial charge >= 0.3 is 5.97 Å². The molecule has 1 N–H and O–H groups in total. The van der Waals surface area contributed by atoms with Crippen molar-refractivity contribution in [2.24, 2.45) is 0 Å². The van der Waals surface area contributed by atoms with Crippen LogP contribution in [0.25, 0.3) is 0 Å². The molecule has 0 fully saturated rings. The van der Waals surface area contributed by atoms with E-state index in [9.17, 15) is 4.79 Å². The predicted octanol–water partition coefficient (Wildman–Crippen LogP) is 1.47. The Bertz CT molecular complexity index is 728. The van der Waals surface area contributed by atoms with Crippen molar-refractivity contribution in [3.8, 4) is 0 Å². The molecule has 0 bridgehead atoms. The smallest absolute Gasteiger partial charge is 0.329 e. The first-order valence-electron chi connectivity index (χ1n) is 15.5. The molecule has 1 aromatic carbocycles. The van der Waals surface area contributed by atoms with Gasteiger partial charge in [-0.25, -0.2) is 4.79 Å². The molecule has 0 aliphatic rings. The molecule has 45 heavy (non-hydrogen) atoms. The number of hydrogen-bond acceptors (Lipinski definition) is 13. The second-order valence-electron chi connectivity index (χ2n) is 9.11. The van der Waals surface area contributed by atoms with Crippen LogP contribution in [0.15, 0.2) is 30.3 Å². The largest absolute Gasteiger partial charge is 0.480 e. The van der Waals surface area contributed by atoms with Crippen molar-refractivity contribution in [1.82, 2.24) is 0 Å². The molecule has 0 saturated carbocycles. The normalized spacial score (nSPS) is 11.4. The van der Waals surface area contributed by atoms with Gasteiger partial charge in [0.25, 0.3) is 0 Å². The Morgan fingerprint density at radius 2 is 0.622 bits per heavy atom. The molecule has 0 heterocycles. The average molecular weight is 651 g/mol. The van der Waals surface area contributed by atoms with Gasteiger partial charge in [0.15, 0.2) is 0 Å². The van der Waals surface area contributed by atoms with Crippen molar-refractivity contribution in [2.75, 3.05) is 152 Å². The minimum atomic E-state index is -0.996. The lowest BCUT2D eigenvalue weighted by Crippen LogP contribution is -2.15. The Balaban J connectivity index is 1.61. The zero-order chi connectivity index (χ0) is 32.1. The topological polar surface area (TPSA) is 148 Å². The predicted molar refractivity (Wildman–Crippen MR) is 163 cm³/mol. The molecular weight excluding hydrogens is 596 g/mol. The summed E-state index contributed by atoms with van der Waals surface area (Å²) in [6.07, 6.45) is 0. The Hall–Kier alpha value is -1.79. The van der Waals surface area contributed by atoms with Crippen LogP contribution >= 0.6 is 0 Å². The fourth-order valence-corrected chi connectivity index (χ4v) is 3.24. The van der Waals surface area contributed by atoms with Crippen molar-refractivity contribution in [3.63, 3.8) is 0 Å². The first kappa shape index (κ1) is 41.2. The zero-order valence-corrected chi connectivity index (χ0v) is 26.6. The molecule has 0 amide bonds. The van der Waals surface area contributed by atoms with Crippen molar-refractivity contribution < 1.29 is 66.7 Å². The van der Waals surface area contributed by atoms with Crippen LogP contribution in [0.5, 0.6) is 0 Å². The maximum absolute atomic E-state index is 10.3. The third kappa shape index (κ3) is 33.4. The van der Waals surface area contributed by atoms with Gasteiger partial charge in [-0.2, -0.15) is 0 Å². The maximum atomic E-state index is 10.3. The highest BCUT2D eigenvalue weighted by atomic mass is 16.6. The number of carboxylic acid groups (broad SMARTS) is 1. The summed E-state index contributed by atoms with van der Waals surface area (Å²) in [5.74, 6) is -0.996. The lowest BCUT2D eigenvalue weighted by molar-refractivity contribution is -0.142. The highest BCUT2D eigenvalue weighted by molar-refractivity contribution is 5.67. The molecule has 14 nitrogen and oxygen atoms in total. The molecule has 14 heteroatoms. The van der Waals surface area contributed by atoms with Gasteiger partial charge in [0.2, 0.25) is 0 Å². The first-order valence-corrected chi connectivity index (χ1v) is 15.5. The Kier molecular flexibility index (Phi) is 32.1. The molecule has 1 aromatic rings. The van der Waals surface area contributed by atoms with Crippen LogP contribution in [0, 0.1) is 0 Å². The molecule has 0 radical (unpaired) electrons. The maximum Gasteiger partial charge on any atom is 0.329 e. The number of benzene rings is 1. The van der Waals surface area contributed by atoms with E-state index in [-0.39, 0.29) is 13.2 Å². The standard InChI is InChI=1S/C31H54O14/c32-31(33)29-45-27-25-43-23-21-41-19-17-39-15-13-37-11-9-35-7-6-34-8-10-36-12-14-38-16-18-40-20-22-42-24-26-44-28-30-4-2-1-3-5-30/h1-5H,6-29H2,(H,32,33). The van der Waals surface area contributed by atoms with Crippen molar-refractivity contribution in [1.29, 1.82) is 0 Å². The van der Waals surface area contributed by atoms with Gasteiger partial charge < -0.3 is 61.9 Å². The summed E-state index contributed by atoms with van der Waals surface area (Å²) >= 11 is 0. The molecule has 0 unspecified atom stereocenters. The third-order valence-electron chi connectivity index (χ3n) is 5.43. The van der Waals surface area contributed by atoms with Gasteiger partial charge in [0.1, 0.15) is 6.61 Å². The molecule has 0 aromatic heterocycles. The van der Waals surface area contributed by atoms with E-state index in [4.69, 9.17) is 61.9 Å². The van der Waals surface area contributed by atoms with Crippen LogP contribution < -0.4 is 0 Å². The van der Waals surface area contributed by atoms with Gasteiger partial charge in [-0.15, -0.1) is 0 Å². The number of rotatable bonds is 37. The summed E-state index contributed by atoms with van der Waals surface area (Å²) in [5.41, 5.74) is 1.15. The van der Waals surface area contributed by atoms with E-state index in [2.05, 4.69) is 0 Å². The Morgan fingerprint density at radius 3 is 0.889 bits per heavy atom. The van der Waals surface area contributed by atoms with E-state index >= 15 is 0 Å². The van der Waals surface area contributed by atoms with E-state index in [1.807, 2.05) is 30.3 Å². The lowest BCUT2D eigenvalue weighted by atomic mass is 10.2. The van der Waals surface area contributed by atoms with Crippen LogP contribution in [0.4, 0.5) is 0 Å². The fourth-order valence-electron chi connectivity index (χ4n) is 3.24. The number of aliphatic carboxylic acids is 1. The van der Waals surface area contributed by atoms with Crippen LogP contribution in [0.2, 0.25) is 0 Å². The van der Waals surface area contributed by atoms with Gasteiger partial charge in [0.05, 0.1) is 152 Å². The molecule has 0 aliphatic heterocycles. The molecule has 0 saturated heterocycles. The Labute approximate surface area is 267 Å². The van der Waals surface area contributed by atoms with Crippen molar-refractivity contribution >= 4 is 5.97 Å². The van der Waals surface area contributed by atoms with Gasteiger partial charge in [-0.05, 0) is 5.56 Å². The summed E-state index contributed by atoms with van der Waals surface area (Å²) in [5, 5.41) is 8.42. The highest BCUT2D eigenvalue weighted by Crippen LogP contribution is 2.00. The number of hydrogen-bond donors (Lipinski definition) is 1. The summed E-state index contributed by atoms with van der Waals surface area (Å²) in [6, 6.07) is 10.1. The second kappa shape index (κ2) is 35.1. The minimum absolute atomic E-state index is 0.241. The number of ether oxygens (including phenoxy) is 12. The van der Waals surface area contributed by atoms with Gasteiger partial charge in [0, 0.05) is 0 Å². The molecule has 0 spiro atoms.